The van der Waals surface area contributed by atoms with E-state index in [-0.39, 0.29) is 24.5 Å². The van der Waals surface area contributed by atoms with Crippen LogP contribution >= 0.6 is 11.6 Å². The van der Waals surface area contributed by atoms with Gasteiger partial charge in [-0.15, -0.1) is 0 Å². The predicted octanol–water partition coefficient (Wildman–Crippen LogP) is 5.53. The van der Waals surface area contributed by atoms with E-state index in [4.69, 9.17) is 25.8 Å². The molecule has 0 N–H and O–H groups in total. The number of halogens is 1. The van der Waals surface area contributed by atoms with Gasteiger partial charge >= 0.3 is 0 Å². The summed E-state index contributed by atoms with van der Waals surface area (Å²) in [5.41, 5.74) is 2.95. The Morgan fingerprint density at radius 1 is 0.976 bits per heavy atom. The van der Waals surface area contributed by atoms with Crippen LogP contribution in [0.3, 0.4) is 0 Å². The Labute approximate surface area is 247 Å². The molecule has 2 atom stereocenters. The molecule has 0 bridgehead atoms. The molecule has 8 heteroatoms. The highest BCUT2D eigenvalue weighted by molar-refractivity contribution is 6.31. The number of benzene rings is 3. The summed E-state index contributed by atoms with van der Waals surface area (Å²) in [6, 6.07) is 21.9. The van der Waals surface area contributed by atoms with Crippen molar-refractivity contribution >= 4 is 17.5 Å². The Morgan fingerprint density at radius 3 is 2.59 bits per heavy atom. The average molecular weight is 576 g/mol. The number of ether oxygens (including phenoxy) is 3. The summed E-state index contributed by atoms with van der Waals surface area (Å²) in [6.45, 7) is 7.12. The highest BCUT2D eigenvalue weighted by atomic mass is 35.5. The molecule has 6 rings (SSSR count). The lowest BCUT2D eigenvalue weighted by atomic mass is 9.87. The van der Waals surface area contributed by atoms with E-state index in [1.807, 2.05) is 48.5 Å². The first-order chi connectivity index (χ1) is 20.1. The fraction of sp³-hybridized carbons (Fsp3) is 0.424. The number of nitrogens with zero attached hydrogens (tertiary/aromatic N) is 3. The molecule has 0 radical (unpaired) electrons. The third kappa shape index (κ3) is 6.32. The zero-order valence-corrected chi connectivity index (χ0v) is 24.4. The number of fused-ring (bicyclic) bond motifs is 1. The number of carbonyl (C=O) groups excluding carboxylic acids is 1. The molecule has 0 aromatic heterocycles. The molecule has 41 heavy (non-hydrogen) atoms. The summed E-state index contributed by atoms with van der Waals surface area (Å²) < 4.78 is 16.9. The Hall–Kier alpha value is -3.26. The average Bonchev–Trinajstić information content (AvgIpc) is 3.77. The monoisotopic (exact) mass is 575 g/mol. The maximum atomic E-state index is 14.1. The molecule has 3 aliphatic heterocycles. The minimum Gasteiger partial charge on any atom is -0.496 e. The number of hydrogen-bond acceptors (Lipinski definition) is 6. The molecule has 2 fully saturated rings. The van der Waals surface area contributed by atoms with Crippen LogP contribution in [0.1, 0.15) is 40.2 Å². The zero-order chi connectivity index (χ0) is 28.2. The van der Waals surface area contributed by atoms with Gasteiger partial charge in [-0.25, -0.2) is 0 Å². The smallest absolute Gasteiger partial charge is 0.254 e. The SMILES string of the molecule is COc1ccccc1C1CN(Cc2ccccc2Cl)CC1CN(CCN1CCCC1)C(=O)c1ccc2c(c1)OCO2. The van der Waals surface area contributed by atoms with Gasteiger partial charge in [0.1, 0.15) is 5.75 Å². The Bertz CT molecular complexity index is 1360. The molecule has 216 valence electrons. The number of rotatable bonds is 10. The van der Waals surface area contributed by atoms with Gasteiger partial charge in [0.2, 0.25) is 6.79 Å². The van der Waals surface area contributed by atoms with Crippen LogP contribution in [-0.2, 0) is 6.54 Å². The second-order valence-corrected chi connectivity index (χ2v) is 11.7. The quantitative estimate of drug-likeness (QED) is 0.317. The number of methoxy groups -OCH3 is 1. The molecule has 3 aromatic rings. The summed E-state index contributed by atoms with van der Waals surface area (Å²) in [5.74, 6) is 2.69. The van der Waals surface area contributed by atoms with Crippen molar-refractivity contribution in [1.29, 1.82) is 0 Å². The van der Waals surface area contributed by atoms with Gasteiger partial charge in [0.05, 0.1) is 7.11 Å². The lowest BCUT2D eigenvalue weighted by Gasteiger charge is -2.30. The minimum absolute atomic E-state index is 0.0332. The van der Waals surface area contributed by atoms with E-state index in [1.54, 1.807) is 7.11 Å². The van der Waals surface area contributed by atoms with Crippen molar-refractivity contribution < 1.29 is 19.0 Å². The van der Waals surface area contributed by atoms with Crippen molar-refractivity contribution in [2.24, 2.45) is 5.92 Å². The summed E-state index contributed by atoms with van der Waals surface area (Å²) in [4.78, 5) is 21.1. The molecule has 2 unspecified atom stereocenters. The van der Waals surface area contributed by atoms with Crippen molar-refractivity contribution in [2.75, 3.05) is 59.7 Å². The molecule has 3 aromatic carbocycles. The van der Waals surface area contributed by atoms with Crippen LogP contribution in [-0.4, -0.2) is 80.3 Å². The van der Waals surface area contributed by atoms with Gasteiger partial charge in [0, 0.05) is 55.8 Å². The van der Waals surface area contributed by atoms with E-state index in [1.165, 1.54) is 18.4 Å². The molecule has 0 spiro atoms. The fourth-order valence-electron chi connectivity index (χ4n) is 6.51. The van der Waals surface area contributed by atoms with Crippen LogP contribution in [0.5, 0.6) is 17.2 Å². The first kappa shape index (κ1) is 27.9. The van der Waals surface area contributed by atoms with Gasteiger partial charge in [0.15, 0.2) is 11.5 Å². The molecule has 0 saturated carbocycles. The van der Waals surface area contributed by atoms with E-state index < -0.39 is 0 Å². The van der Waals surface area contributed by atoms with Crippen LogP contribution < -0.4 is 14.2 Å². The normalized spacial score (nSPS) is 20.4. The highest BCUT2D eigenvalue weighted by Crippen LogP contribution is 2.39. The van der Waals surface area contributed by atoms with Gasteiger partial charge in [-0.1, -0.05) is 48.0 Å². The second kappa shape index (κ2) is 12.7. The standard InChI is InChI=1S/C33H38ClN3O4/c1-39-30-11-5-3-9-27(30)28-22-36(19-25-8-2-4-10-29(25)34)20-26(28)21-37(17-16-35-14-6-7-15-35)33(38)24-12-13-31-32(18-24)41-23-40-31/h2-5,8-13,18,26,28H,6-7,14-17,19-23H2,1H3. The molecule has 3 heterocycles. The van der Waals surface area contributed by atoms with Gasteiger partial charge in [-0.2, -0.15) is 0 Å². The molecule has 2 saturated heterocycles. The maximum absolute atomic E-state index is 14.1. The number of carbonyl (C=O) groups is 1. The van der Waals surface area contributed by atoms with E-state index in [0.717, 1.165) is 55.6 Å². The number of hydrogen-bond donors (Lipinski definition) is 0. The molecule has 3 aliphatic rings. The number of likely N-dealkylation sites (tertiary alicyclic amines) is 2. The lowest BCUT2D eigenvalue weighted by Crippen LogP contribution is -2.42. The summed E-state index contributed by atoms with van der Waals surface area (Å²) in [7, 11) is 1.73. The van der Waals surface area contributed by atoms with Crippen LogP contribution in [0.15, 0.2) is 66.7 Å². The minimum atomic E-state index is 0.0332. The van der Waals surface area contributed by atoms with Crippen molar-refractivity contribution in [2.45, 2.75) is 25.3 Å². The van der Waals surface area contributed by atoms with Gasteiger partial charge < -0.3 is 24.0 Å². The third-order valence-corrected chi connectivity index (χ3v) is 9.02. The van der Waals surface area contributed by atoms with Gasteiger partial charge in [-0.3, -0.25) is 9.69 Å². The summed E-state index contributed by atoms with van der Waals surface area (Å²) in [6.07, 6.45) is 2.46. The van der Waals surface area contributed by atoms with Gasteiger partial charge in [0.25, 0.3) is 5.91 Å². The van der Waals surface area contributed by atoms with Crippen molar-refractivity contribution in [3.63, 3.8) is 0 Å². The maximum Gasteiger partial charge on any atom is 0.254 e. The predicted molar refractivity (Wildman–Crippen MR) is 160 cm³/mol. The van der Waals surface area contributed by atoms with Crippen LogP contribution in [0.2, 0.25) is 5.02 Å². The molecule has 0 aliphatic carbocycles. The Kier molecular flexibility index (Phi) is 8.65. The van der Waals surface area contributed by atoms with Crippen molar-refractivity contribution in [3.8, 4) is 17.2 Å². The second-order valence-electron chi connectivity index (χ2n) is 11.3. The number of para-hydroxylation sites is 1. The molecule has 1 amide bonds. The van der Waals surface area contributed by atoms with E-state index >= 15 is 0 Å². The van der Waals surface area contributed by atoms with Crippen LogP contribution in [0.25, 0.3) is 0 Å². The largest absolute Gasteiger partial charge is 0.496 e. The highest BCUT2D eigenvalue weighted by Gasteiger charge is 2.37. The number of amides is 1. The first-order valence-corrected chi connectivity index (χ1v) is 15.0. The van der Waals surface area contributed by atoms with Crippen LogP contribution in [0, 0.1) is 5.92 Å². The molecular formula is C33H38ClN3O4. The van der Waals surface area contributed by atoms with Crippen molar-refractivity contribution in [3.05, 3.63) is 88.4 Å². The third-order valence-electron chi connectivity index (χ3n) is 8.65. The zero-order valence-electron chi connectivity index (χ0n) is 23.6. The van der Waals surface area contributed by atoms with Crippen LogP contribution in [0.4, 0.5) is 0 Å². The summed E-state index contributed by atoms with van der Waals surface area (Å²) >= 11 is 6.55. The fourth-order valence-corrected chi connectivity index (χ4v) is 6.70. The van der Waals surface area contributed by atoms with E-state index in [2.05, 4.69) is 32.9 Å². The lowest BCUT2D eigenvalue weighted by molar-refractivity contribution is 0.0707. The Morgan fingerprint density at radius 2 is 1.76 bits per heavy atom. The Balaban J connectivity index is 1.27. The first-order valence-electron chi connectivity index (χ1n) is 14.6. The van der Waals surface area contributed by atoms with Gasteiger partial charge in [-0.05, 0) is 73.3 Å². The topological polar surface area (TPSA) is 54.5 Å². The molecular weight excluding hydrogens is 538 g/mol. The molecule has 7 nitrogen and oxygen atoms in total. The van der Waals surface area contributed by atoms with E-state index in [0.29, 0.717) is 30.2 Å². The summed E-state index contributed by atoms with van der Waals surface area (Å²) in [5, 5.41) is 0.787. The van der Waals surface area contributed by atoms with E-state index in [9.17, 15) is 4.79 Å². The van der Waals surface area contributed by atoms with Crippen molar-refractivity contribution in [1.82, 2.24) is 14.7 Å².